The number of rotatable bonds is 6. The van der Waals surface area contributed by atoms with Gasteiger partial charge in [0.05, 0.1) is 0 Å². The largest absolute Gasteiger partial charge is 0.465 e. The van der Waals surface area contributed by atoms with E-state index in [0.29, 0.717) is 0 Å². The summed E-state index contributed by atoms with van der Waals surface area (Å²) in [5.74, 6) is 0. The summed E-state index contributed by atoms with van der Waals surface area (Å²) >= 11 is 0. The molecule has 1 amide bonds. The van der Waals surface area contributed by atoms with Crippen molar-refractivity contribution in [2.24, 2.45) is 0 Å². The summed E-state index contributed by atoms with van der Waals surface area (Å²) in [6.45, 7) is 4.19. The molecule has 0 saturated carbocycles. The van der Waals surface area contributed by atoms with Crippen molar-refractivity contribution in [2.75, 3.05) is 0 Å². The molecule has 3 heteroatoms. The van der Waals surface area contributed by atoms with Crippen molar-refractivity contribution < 1.29 is 9.90 Å². The van der Waals surface area contributed by atoms with Crippen molar-refractivity contribution in [2.45, 2.75) is 52.0 Å². The van der Waals surface area contributed by atoms with Gasteiger partial charge < -0.3 is 10.4 Å². The van der Waals surface area contributed by atoms with Crippen LogP contribution in [0.5, 0.6) is 0 Å². The molecular formula is C9H19NO2. The van der Waals surface area contributed by atoms with Gasteiger partial charge in [0.15, 0.2) is 0 Å². The molecule has 0 aromatic carbocycles. The molecular weight excluding hydrogens is 154 g/mol. The average molecular weight is 173 g/mol. The van der Waals surface area contributed by atoms with Gasteiger partial charge in [0.2, 0.25) is 0 Å². The van der Waals surface area contributed by atoms with E-state index in [2.05, 4.69) is 19.2 Å². The molecule has 2 N–H and O–H groups in total. The SMILES string of the molecule is CCCCC(CCC)NC(=O)O. The number of carbonyl (C=O) groups is 1. The zero-order chi connectivity index (χ0) is 9.40. The van der Waals surface area contributed by atoms with Gasteiger partial charge in [-0.25, -0.2) is 4.79 Å². The van der Waals surface area contributed by atoms with Crippen LogP contribution >= 0.6 is 0 Å². The smallest absolute Gasteiger partial charge is 0.404 e. The molecule has 0 aromatic heterocycles. The Morgan fingerprint density at radius 1 is 1.33 bits per heavy atom. The van der Waals surface area contributed by atoms with Gasteiger partial charge in [0.25, 0.3) is 0 Å². The maximum atomic E-state index is 10.3. The second-order valence-electron chi connectivity index (χ2n) is 3.08. The number of carboxylic acid groups (broad SMARTS) is 1. The first kappa shape index (κ1) is 11.3. The van der Waals surface area contributed by atoms with Crippen LogP contribution in [0.2, 0.25) is 0 Å². The van der Waals surface area contributed by atoms with Crippen LogP contribution in [0.25, 0.3) is 0 Å². The van der Waals surface area contributed by atoms with Crippen molar-refractivity contribution in [1.29, 1.82) is 0 Å². The van der Waals surface area contributed by atoms with E-state index >= 15 is 0 Å². The van der Waals surface area contributed by atoms with E-state index in [1.54, 1.807) is 0 Å². The fourth-order valence-corrected chi connectivity index (χ4v) is 1.26. The molecule has 0 rings (SSSR count). The molecule has 0 spiro atoms. The lowest BCUT2D eigenvalue weighted by molar-refractivity contribution is 0.188. The minimum Gasteiger partial charge on any atom is -0.465 e. The van der Waals surface area contributed by atoms with Crippen LogP contribution in [0.3, 0.4) is 0 Å². The molecule has 0 aliphatic carbocycles. The predicted molar refractivity (Wildman–Crippen MR) is 49.4 cm³/mol. The molecule has 0 saturated heterocycles. The van der Waals surface area contributed by atoms with Gasteiger partial charge in [-0.1, -0.05) is 33.1 Å². The Labute approximate surface area is 74.2 Å². The summed E-state index contributed by atoms with van der Waals surface area (Å²) in [5.41, 5.74) is 0. The number of amides is 1. The van der Waals surface area contributed by atoms with Crippen molar-refractivity contribution in [3.05, 3.63) is 0 Å². The summed E-state index contributed by atoms with van der Waals surface area (Å²) in [4.78, 5) is 10.3. The van der Waals surface area contributed by atoms with Crippen LogP contribution in [-0.4, -0.2) is 17.2 Å². The lowest BCUT2D eigenvalue weighted by atomic mass is 10.1. The highest BCUT2D eigenvalue weighted by molar-refractivity contribution is 5.64. The van der Waals surface area contributed by atoms with Gasteiger partial charge in [-0.15, -0.1) is 0 Å². The van der Waals surface area contributed by atoms with E-state index in [1.165, 1.54) is 0 Å². The van der Waals surface area contributed by atoms with E-state index < -0.39 is 6.09 Å². The zero-order valence-electron chi connectivity index (χ0n) is 7.97. The molecule has 0 aliphatic heterocycles. The van der Waals surface area contributed by atoms with E-state index in [-0.39, 0.29) is 6.04 Å². The summed E-state index contributed by atoms with van der Waals surface area (Å²) < 4.78 is 0. The fraction of sp³-hybridized carbons (Fsp3) is 0.889. The molecule has 0 fully saturated rings. The first-order valence-corrected chi connectivity index (χ1v) is 4.70. The topological polar surface area (TPSA) is 49.3 Å². The molecule has 0 aliphatic rings. The van der Waals surface area contributed by atoms with Crippen LogP contribution in [0, 0.1) is 0 Å². The van der Waals surface area contributed by atoms with Gasteiger partial charge in [-0.2, -0.15) is 0 Å². The highest BCUT2D eigenvalue weighted by Crippen LogP contribution is 2.06. The fourth-order valence-electron chi connectivity index (χ4n) is 1.26. The van der Waals surface area contributed by atoms with Crippen LogP contribution in [0.1, 0.15) is 46.0 Å². The summed E-state index contributed by atoms with van der Waals surface area (Å²) in [6.07, 6.45) is 4.29. The minimum absolute atomic E-state index is 0.160. The minimum atomic E-state index is -0.899. The van der Waals surface area contributed by atoms with E-state index in [1.807, 2.05) is 0 Å². The Bertz CT molecular complexity index is 126. The van der Waals surface area contributed by atoms with E-state index in [0.717, 1.165) is 32.1 Å². The Balaban J connectivity index is 3.61. The van der Waals surface area contributed by atoms with Crippen molar-refractivity contribution in [1.82, 2.24) is 5.32 Å². The Morgan fingerprint density at radius 2 is 2.00 bits per heavy atom. The molecule has 0 radical (unpaired) electrons. The first-order valence-electron chi connectivity index (χ1n) is 4.70. The average Bonchev–Trinajstić information content (AvgIpc) is 2.00. The second-order valence-corrected chi connectivity index (χ2v) is 3.08. The van der Waals surface area contributed by atoms with Crippen LogP contribution < -0.4 is 5.32 Å². The van der Waals surface area contributed by atoms with Crippen molar-refractivity contribution in [3.63, 3.8) is 0 Å². The highest BCUT2D eigenvalue weighted by atomic mass is 16.4. The monoisotopic (exact) mass is 173 g/mol. The molecule has 0 bridgehead atoms. The third kappa shape index (κ3) is 6.01. The van der Waals surface area contributed by atoms with E-state index in [4.69, 9.17) is 5.11 Å². The maximum Gasteiger partial charge on any atom is 0.404 e. The van der Waals surface area contributed by atoms with Crippen LogP contribution in [0.4, 0.5) is 4.79 Å². The quantitative estimate of drug-likeness (QED) is 0.648. The molecule has 12 heavy (non-hydrogen) atoms. The molecule has 0 aromatic rings. The molecule has 1 atom stereocenters. The summed E-state index contributed by atoms with van der Waals surface area (Å²) in [5, 5.41) is 11.0. The number of hydrogen-bond acceptors (Lipinski definition) is 1. The highest BCUT2D eigenvalue weighted by Gasteiger charge is 2.08. The zero-order valence-corrected chi connectivity index (χ0v) is 7.97. The Kier molecular flexibility index (Phi) is 6.53. The molecule has 3 nitrogen and oxygen atoms in total. The number of unbranched alkanes of at least 4 members (excludes halogenated alkanes) is 1. The number of nitrogens with one attached hydrogen (secondary N) is 1. The summed E-state index contributed by atoms with van der Waals surface area (Å²) in [7, 11) is 0. The Hall–Kier alpha value is -0.730. The lowest BCUT2D eigenvalue weighted by Crippen LogP contribution is -2.33. The third-order valence-electron chi connectivity index (χ3n) is 1.87. The Morgan fingerprint density at radius 3 is 2.42 bits per heavy atom. The van der Waals surface area contributed by atoms with Crippen LogP contribution in [-0.2, 0) is 0 Å². The summed E-state index contributed by atoms with van der Waals surface area (Å²) in [6, 6.07) is 0.160. The lowest BCUT2D eigenvalue weighted by Gasteiger charge is -2.14. The number of hydrogen-bond donors (Lipinski definition) is 2. The van der Waals surface area contributed by atoms with Gasteiger partial charge in [-0.3, -0.25) is 0 Å². The van der Waals surface area contributed by atoms with Crippen molar-refractivity contribution >= 4 is 6.09 Å². The second kappa shape index (κ2) is 6.95. The van der Waals surface area contributed by atoms with E-state index in [9.17, 15) is 4.79 Å². The standard InChI is InChI=1S/C9H19NO2/c1-3-5-7-8(6-4-2)10-9(11)12/h8,10H,3-7H2,1-2H3,(H,11,12). The first-order chi connectivity index (χ1) is 5.70. The van der Waals surface area contributed by atoms with Crippen molar-refractivity contribution in [3.8, 4) is 0 Å². The van der Waals surface area contributed by atoms with Crippen LogP contribution in [0.15, 0.2) is 0 Å². The van der Waals surface area contributed by atoms with Gasteiger partial charge in [0.1, 0.15) is 0 Å². The van der Waals surface area contributed by atoms with Gasteiger partial charge in [0, 0.05) is 6.04 Å². The molecule has 0 heterocycles. The maximum absolute atomic E-state index is 10.3. The third-order valence-corrected chi connectivity index (χ3v) is 1.87. The molecule has 72 valence electrons. The predicted octanol–water partition coefficient (Wildman–Crippen LogP) is 2.61. The van der Waals surface area contributed by atoms with Gasteiger partial charge >= 0.3 is 6.09 Å². The molecule has 1 unspecified atom stereocenters. The van der Waals surface area contributed by atoms with Gasteiger partial charge in [-0.05, 0) is 12.8 Å². The normalized spacial score (nSPS) is 12.5.